The van der Waals surface area contributed by atoms with Crippen LogP contribution in [0.1, 0.15) is 22.3 Å². The number of hydrogen-bond donors (Lipinski definition) is 0. The first kappa shape index (κ1) is 30.8. The molecule has 0 unspecified atom stereocenters. The summed E-state index contributed by atoms with van der Waals surface area (Å²) >= 11 is 0. The molecule has 1 aliphatic heterocycles. The second-order valence-corrected chi connectivity index (χ2v) is 10.3. The van der Waals surface area contributed by atoms with Crippen LogP contribution in [-0.4, -0.2) is 50.2 Å². The van der Waals surface area contributed by atoms with E-state index >= 15 is 0 Å². The quantitative estimate of drug-likeness (QED) is 0.144. The summed E-state index contributed by atoms with van der Waals surface area (Å²) in [7, 11) is 0. The molecule has 4 aromatic carbocycles. The number of rotatable bonds is 17. The maximum atomic E-state index is 12.7. The van der Waals surface area contributed by atoms with Crippen molar-refractivity contribution in [2.24, 2.45) is 0 Å². The van der Waals surface area contributed by atoms with Crippen LogP contribution < -0.4 is 0 Å². The van der Waals surface area contributed by atoms with Crippen molar-refractivity contribution in [3.63, 3.8) is 0 Å². The zero-order chi connectivity index (χ0) is 29.5. The Morgan fingerprint density at radius 2 is 0.907 bits per heavy atom. The lowest BCUT2D eigenvalue weighted by Crippen LogP contribution is -2.54. The number of carbonyl (C=O) groups excluding carboxylic acids is 1. The molecular formula is C36H38O7. The lowest BCUT2D eigenvalue weighted by molar-refractivity contribution is -0.235. The third-order valence-corrected chi connectivity index (χ3v) is 7.16. The van der Waals surface area contributed by atoms with Crippen LogP contribution in [0.25, 0.3) is 0 Å². The summed E-state index contributed by atoms with van der Waals surface area (Å²) in [5.74, 6) is 0. The summed E-state index contributed by atoms with van der Waals surface area (Å²) in [6, 6.07) is 39.3. The molecule has 7 heteroatoms. The van der Waals surface area contributed by atoms with Gasteiger partial charge in [0.2, 0.25) is 0 Å². The zero-order valence-corrected chi connectivity index (χ0v) is 24.1. The summed E-state index contributed by atoms with van der Waals surface area (Å²) < 4.78 is 37.9. The van der Waals surface area contributed by atoms with Gasteiger partial charge in [-0.15, -0.1) is 0 Å². The van der Waals surface area contributed by atoms with Crippen LogP contribution in [0.2, 0.25) is 0 Å². The zero-order valence-electron chi connectivity index (χ0n) is 24.1. The van der Waals surface area contributed by atoms with Crippen LogP contribution in [0.4, 0.5) is 0 Å². The molecule has 7 nitrogen and oxygen atoms in total. The Hall–Kier alpha value is -3.69. The molecule has 4 atom stereocenters. The van der Waals surface area contributed by atoms with Crippen molar-refractivity contribution in [2.75, 3.05) is 13.2 Å². The van der Waals surface area contributed by atoms with Crippen molar-refractivity contribution in [3.8, 4) is 0 Å². The van der Waals surface area contributed by atoms with Gasteiger partial charge in [0.25, 0.3) is 0 Å². The van der Waals surface area contributed by atoms with Gasteiger partial charge in [-0.25, -0.2) is 0 Å². The molecule has 0 saturated carbocycles. The minimum absolute atomic E-state index is 0.229. The molecule has 4 aromatic rings. The normalized spacial score (nSPS) is 16.4. The highest BCUT2D eigenvalue weighted by atomic mass is 16.7. The molecule has 1 fully saturated rings. The Balaban J connectivity index is 1.46. The van der Waals surface area contributed by atoms with E-state index < -0.39 is 30.7 Å². The fourth-order valence-electron chi connectivity index (χ4n) is 4.93. The summed E-state index contributed by atoms with van der Waals surface area (Å²) in [5, 5.41) is 0. The molecule has 0 amide bonds. The first-order chi connectivity index (χ1) is 21.3. The van der Waals surface area contributed by atoms with Crippen LogP contribution in [0.5, 0.6) is 0 Å². The van der Waals surface area contributed by atoms with Crippen molar-refractivity contribution in [3.05, 3.63) is 144 Å². The van der Waals surface area contributed by atoms with E-state index in [0.717, 1.165) is 28.5 Å². The fraction of sp³-hybridized carbons (Fsp3) is 0.306. The van der Waals surface area contributed by atoms with Gasteiger partial charge in [-0.05, 0) is 22.3 Å². The van der Waals surface area contributed by atoms with Crippen LogP contribution in [0.15, 0.2) is 121 Å². The minimum Gasteiger partial charge on any atom is -0.368 e. The molecule has 1 heterocycles. The molecule has 0 spiro atoms. The van der Waals surface area contributed by atoms with Crippen LogP contribution in [-0.2, 0) is 59.6 Å². The standard InChI is InChI=1S/C36H38O7/c37-23-32(40-24-28-13-5-1-6-14-28)33(41-25-29-15-7-2-8-16-29)34(42-26-30-17-9-3-10-18-30)35(36-38-21-22-39-36)43-27-31-19-11-4-12-20-31/h1-20,23,32-36H,21-22,24-27H2/t32-,33+,34+,35+/m1/s1. The topological polar surface area (TPSA) is 72.5 Å². The van der Waals surface area contributed by atoms with E-state index in [9.17, 15) is 4.79 Å². The Morgan fingerprint density at radius 3 is 1.33 bits per heavy atom. The third-order valence-electron chi connectivity index (χ3n) is 7.16. The average Bonchev–Trinajstić information content (AvgIpc) is 3.61. The van der Waals surface area contributed by atoms with Gasteiger partial charge in [0.05, 0.1) is 39.6 Å². The SMILES string of the molecule is O=C[C@@H](OCc1ccccc1)[C@H](OCc1ccccc1)[C@H](OCc1ccccc1)[C@H](OCc1ccccc1)C1OCCO1. The van der Waals surface area contributed by atoms with Gasteiger partial charge in [-0.1, -0.05) is 121 Å². The van der Waals surface area contributed by atoms with Gasteiger partial charge < -0.3 is 33.2 Å². The highest BCUT2D eigenvalue weighted by Gasteiger charge is 2.44. The van der Waals surface area contributed by atoms with E-state index in [1.54, 1.807) is 0 Å². The largest absolute Gasteiger partial charge is 0.368 e. The summed E-state index contributed by atoms with van der Waals surface area (Å²) in [4.78, 5) is 12.7. The van der Waals surface area contributed by atoms with Gasteiger partial charge in [0.15, 0.2) is 12.6 Å². The number of aldehydes is 1. The summed E-state index contributed by atoms with van der Waals surface area (Å²) in [6.45, 7) is 1.89. The van der Waals surface area contributed by atoms with Crippen molar-refractivity contribution in [1.82, 2.24) is 0 Å². The molecule has 1 saturated heterocycles. The highest BCUT2D eigenvalue weighted by Crippen LogP contribution is 2.27. The van der Waals surface area contributed by atoms with E-state index in [4.69, 9.17) is 28.4 Å². The molecule has 0 radical (unpaired) electrons. The monoisotopic (exact) mass is 582 g/mol. The lowest BCUT2D eigenvalue weighted by atomic mass is 10.0. The summed E-state index contributed by atoms with van der Waals surface area (Å²) in [6.07, 6.45) is -3.26. The lowest BCUT2D eigenvalue weighted by Gasteiger charge is -2.37. The smallest absolute Gasteiger partial charge is 0.186 e. The first-order valence-electron chi connectivity index (χ1n) is 14.6. The van der Waals surface area contributed by atoms with E-state index in [1.807, 2.05) is 121 Å². The minimum atomic E-state index is -0.964. The first-order valence-corrected chi connectivity index (χ1v) is 14.6. The molecule has 0 aromatic heterocycles. The second kappa shape index (κ2) is 16.8. The van der Waals surface area contributed by atoms with E-state index in [-0.39, 0.29) is 19.8 Å². The molecule has 5 rings (SSSR count). The van der Waals surface area contributed by atoms with E-state index in [2.05, 4.69) is 0 Å². The number of hydrogen-bond acceptors (Lipinski definition) is 7. The highest BCUT2D eigenvalue weighted by molar-refractivity contribution is 5.57. The summed E-state index contributed by atoms with van der Waals surface area (Å²) in [5.41, 5.74) is 3.85. The van der Waals surface area contributed by atoms with Crippen molar-refractivity contribution in [1.29, 1.82) is 0 Å². The van der Waals surface area contributed by atoms with Gasteiger partial charge >= 0.3 is 0 Å². The van der Waals surface area contributed by atoms with Crippen LogP contribution >= 0.6 is 0 Å². The van der Waals surface area contributed by atoms with Crippen molar-refractivity contribution in [2.45, 2.75) is 57.1 Å². The molecule has 1 aliphatic rings. The second-order valence-electron chi connectivity index (χ2n) is 10.3. The van der Waals surface area contributed by atoms with Gasteiger partial charge in [-0.3, -0.25) is 0 Å². The molecular weight excluding hydrogens is 544 g/mol. The predicted octanol–water partition coefficient (Wildman–Crippen LogP) is 5.90. The van der Waals surface area contributed by atoms with Gasteiger partial charge in [0, 0.05) is 0 Å². The number of ether oxygens (including phenoxy) is 6. The van der Waals surface area contributed by atoms with E-state index in [0.29, 0.717) is 19.8 Å². The van der Waals surface area contributed by atoms with Crippen molar-refractivity contribution >= 4 is 6.29 Å². The van der Waals surface area contributed by atoms with Gasteiger partial charge in [-0.2, -0.15) is 0 Å². The predicted molar refractivity (Wildman–Crippen MR) is 162 cm³/mol. The number of benzene rings is 4. The van der Waals surface area contributed by atoms with Crippen molar-refractivity contribution < 1.29 is 33.2 Å². The van der Waals surface area contributed by atoms with Gasteiger partial charge in [0.1, 0.15) is 24.4 Å². The Kier molecular flexibility index (Phi) is 12.0. The third kappa shape index (κ3) is 9.40. The molecule has 43 heavy (non-hydrogen) atoms. The maximum absolute atomic E-state index is 12.7. The maximum Gasteiger partial charge on any atom is 0.186 e. The average molecular weight is 583 g/mol. The molecule has 0 N–H and O–H groups in total. The Bertz CT molecular complexity index is 1320. The van der Waals surface area contributed by atoms with Crippen LogP contribution in [0, 0.1) is 0 Å². The Morgan fingerprint density at radius 1 is 0.535 bits per heavy atom. The molecule has 224 valence electrons. The number of carbonyl (C=O) groups is 1. The molecule has 0 bridgehead atoms. The Labute approximate surface area is 253 Å². The van der Waals surface area contributed by atoms with Crippen LogP contribution in [0.3, 0.4) is 0 Å². The fourth-order valence-corrected chi connectivity index (χ4v) is 4.93. The molecule has 0 aliphatic carbocycles. The van der Waals surface area contributed by atoms with E-state index in [1.165, 1.54) is 0 Å².